The number of hydrogen-bond acceptors (Lipinski definition) is 2. The summed E-state index contributed by atoms with van der Waals surface area (Å²) in [5.41, 5.74) is 3.30. The normalized spacial score (nSPS) is 11.6. The fraction of sp³-hybridized carbons (Fsp3) is 0.350. The Kier molecular flexibility index (Phi) is 6.03. The second-order valence-electron chi connectivity index (χ2n) is 7.15. The maximum Gasteiger partial charge on any atom is 0.238 e. The van der Waals surface area contributed by atoms with Crippen molar-refractivity contribution < 1.29 is 4.79 Å². The summed E-state index contributed by atoms with van der Waals surface area (Å²) in [5.74, 6) is -0.0723. The number of nitrogens with one attached hydrogen (secondary N) is 1. The van der Waals surface area contributed by atoms with Gasteiger partial charge in [0, 0.05) is 6.54 Å². The first kappa shape index (κ1) is 18.5. The number of para-hydroxylation sites is 1. The predicted octanol–water partition coefficient (Wildman–Crippen LogP) is 4.71. The molecule has 0 aliphatic rings. The minimum atomic E-state index is -0.0723. The summed E-state index contributed by atoms with van der Waals surface area (Å²) < 4.78 is 0. The summed E-state index contributed by atoms with van der Waals surface area (Å²) >= 11 is 6.06. The summed E-state index contributed by atoms with van der Waals surface area (Å²) in [7, 11) is 1.93. The quantitative estimate of drug-likeness (QED) is 0.852. The van der Waals surface area contributed by atoms with Gasteiger partial charge in [0.25, 0.3) is 0 Å². The highest BCUT2D eigenvalue weighted by Gasteiger charge is 2.13. The monoisotopic (exact) mass is 344 g/mol. The molecule has 2 rings (SSSR count). The molecule has 0 spiro atoms. The zero-order valence-electron chi connectivity index (χ0n) is 14.8. The van der Waals surface area contributed by atoms with Crippen LogP contribution >= 0.6 is 11.6 Å². The van der Waals surface area contributed by atoms with Crippen LogP contribution in [0.4, 0.5) is 5.69 Å². The Morgan fingerprint density at radius 2 is 1.71 bits per heavy atom. The van der Waals surface area contributed by atoms with Gasteiger partial charge in [0.1, 0.15) is 0 Å². The van der Waals surface area contributed by atoms with E-state index in [-0.39, 0.29) is 11.3 Å². The number of halogens is 1. The number of hydrogen-bond donors (Lipinski definition) is 1. The molecule has 1 N–H and O–H groups in total. The standard InChI is InChI=1S/C20H25ClN2O/c1-20(2,3)16-11-9-15(10-12-16)13-23(4)14-19(24)22-18-8-6-5-7-17(18)21/h5-12H,13-14H2,1-4H3,(H,22,24). The minimum absolute atomic E-state index is 0.0723. The highest BCUT2D eigenvalue weighted by molar-refractivity contribution is 6.33. The van der Waals surface area contributed by atoms with Crippen molar-refractivity contribution in [3.8, 4) is 0 Å². The van der Waals surface area contributed by atoms with Gasteiger partial charge in [-0.05, 0) is 35.7 Å². The largest absolute Gasteiger partial charge is 0.324 e. The Balaban J connectivity index is 1.90. The molecule has 0 saturated heterocycles. The number of nitrogens with zero attached hydrogens (tertiary/aromatic N) is 1. The molecule has 0 aromatic heterocycles. The van der Waals surface area contributed by atoms with E-state index in [1.54, 1.807) is 12.1 Å². The van der Waals surface area contributed by atoms with Crippen LogP contribution in [0.15, 0.2) is 48.5 Å². The summed E-state index contributed by atoms with van der Waals surface area (Å²) in [4.78, 5) is 14.1. The SMILES string of the molecule is CN(CC(=O)Nc1ccccc1Cl)Cc1ccc(C(C)(C)C)cc1. The topological polar surface area (TPSA) is 32.3 Å². The minimum Gasteiger partial charge on any atom is -0.324 e. The highest BCUT2D eigenvalue weighted by atomic mass is 35.5. The lowest BCUT2D eigenvalue weighted by Crippen LogP contribution is -2.29. The Morgan fingerprint density at radius 3 is 2.29 bits per heavy atom. The maximum absolute atomic E-state index is 12.1. The van der Waals surface area contributed by atoms with Crippen LogP contribution in [0.25, 0.3) is 0 Å². The van der Waals surface area contributed by atoms with Crippen molar-refractivity contribution in [2.24, 2.45) is 0 Å². The first-order chi connectivity index (χ1) is 11.3. The van der Waals surface area contributed by atoms with Crippen LogP contribution in [-0.2, 0) is 16.8 Å². The van der Waals surface area contributed by atoms with Gasteiger partial charge in [0.15, 0.2) is 0 Å². The van der Waals surface area contributed by atoms with Gasteiger partial charge in [0.05, 0.1) is 17.3 Å². The molecule has 0 atom stereocenters. The van der Waals surface area contributed by atoms with Gasteiger partial charge in [-0.3, -0.25) is 9.69 Å². The summed E-state index contributed by atoms with van der Waals surface area (Å²) in [5, 5.41) is 3.39. The molecule has 0 bridgehead atoms. The van der Waals surface area contributed by atoms with Crippen molar-refractivity contribution in [1.29, 1.82) is 0 Å². The lowest BCUT2D eigenvalue weighted by atomic mass is 9.87. The smallest absolute Gasteiger partial charge is 0.238 e. The lowest BCUT2D eigenvalue weighted by Gasteiger charge is -2.20. The third-order valence-electron chi connectivity index (χ3n) is 3.83. The van der Waals surface area contributed by atoms with Gasteiger partial charge in [-0.15, -0.1) is 0 Å². The van der Waals surface area contributed by atoms with E-state index in [4.69, 9.17) is 11.6 Å². The molecule has 0 saturated carbocycles. The van der Waals surface area contributed by atoms with Crippen LogP contribution in [0.5, 0.6) is 0 Å². The number of likely N-dealkylation sites (N-methyl/N-ethyl adjacent to an activating group) is 1. The van der Waals surface area contributed by atoms with Crippen LogP contribution in [0.1, 0.15) is 31.9 Å². The zero-order valence-corrected chi connectivity index (χ0v) is 15.5. The van der Waals surface area contributed by atoms with Crippen molar-refractivity contribution in [2.45, 2.75) is 32.7 Å². The molecule has 0 heterocycles. The second-order valence-corrected chi connectivity index (χ2v) is 7.55. The summed E-state index contributed by atoms with van der Waals surface area (Å²) in [6, 6.07) is 15.8. The predicted molar refractivity (Wildman–Crippen MR) is 102 cm³/mol. The first-order valence-corrected chi connectivity index (χ1v) is 8.46. The van der Waals surface area contributed by atoms with Crippen LogP contribution < -0.4 is 5.32 Å². The molecule has 128 valence electrons. The Hall–Kier alpha value is -1.84. The fourth-order valence-corrected chi connectivity index (χ4v) is 2.66. The number of carbonyl (C=O) groups excluding carboxylic acids is 1. The van der Waals surface area contributed by atoms with Crippen LogP contribution in [0, 0.1) is 0 Å². The van der Waals surface area contributed by atoms with Crippen molar-refractivity contribution in [2.75, 3.05) is 18.9 Å². The van der Waals surface area contributed by atoms with Crippen molar-refractivity contribution >= 4 is 23.2 Å². The number of benzene rings is 2. The zero-order chi connectivity index (χ0) is 17.7. The van der Waals surface area contributed by atoms with Crippen molar-refractivity contribution in [3.63, 3.8) is 0 Å². The number of amides is 1. The average Bonchev–Trinajstić information content (AvgIpc) is 2.49. The molecule has 2 aromatic rings. The van der Waals surface area contributed by atoms with Gasteiger partial charge < -0.3 is 5.32 Å². The molecular weight excluding hydrogens is 320 g/mol. The fourth-order valence-electron chi connectivity index (χ4n) is 2.48. The summed E-state index contributed by atoms with van der Waals surface area (Å²) in [6.07, 6.45) is 0. The van der Waals surface area contributed by atoms with Crippen LogP contribution in [0.2, 0.25) is 5.02 Å². The highest BCUT2D eigenvalue weighted by Crippen LogP contribution is 2.22. The molecular formula is C20H25ClN2O. The molecule has 2 aromatic carbocycles. The van der Waals surface area contributed by atoms with Crippen LogP contribution in [-0.4, -0.2) is 24.4 Å². The van der Waals surface area contributed by atoms with Crippen LogP contribution in [0.3, 0.4) is 0 Å². The van der Waals surface area contributed by atoms with Gasteiger partial charge in [-0.1, -0.05) is 68.8 Å². The average molecular weight is 345 g/mol. The number of carbonyl (C=O) groups is 1. The molecule has 24 heavy (non-hydrogen) atoms. The van der Waals surface area contributed by atoms with E-state index >= 15 is 0 Å². The molecule has 1 amide bonds. The molecule has 0 fully saturated rings. The van der Waals surface area contributed by atoms with Gasteiger partial charge in [0.2, 0.25) is 5.91 Å². The molecule has 4 heteroatoms. The molecule has 3 nitrogen and oxygen atoms in total. The van der Waals surface area contributed by atoms with E-state index in [2.05, 4.69) is 50.4 Å². The maximum atomic E-state index is 12.1. The van der Waals surface area contributed by atoms with Crippen molar-refractivity contribution in [3.05, 3.63) is 64.7 Å². The summed E-state index contributed by atoms with van der Waals surface area (Å²) in [6.45, 7) is 7.64. The second kappa shape index (κ2) is 7.82. The van der Waals surface area contributed by atoms with Crippen molar-refractivity contribution in [1.82, 2.24) is 4.90 Å². The van der Waals surface area contributed by atoms with E-state index in [0.29, 0.717) is 17.3 Å². The van der Waals surface area contributed by atoms with E-state index in [1.165, 1.54) is 11.1 Å². The van der Waals surface area contributed by atoms with E-state index in [0.717, 1.165) is 6.54 Å². The van der Waals surface area contributed by atoms with E-state index in [1.807, 2.05) is 24.1 Å². The third kappa shape index (κ3) is 5.36. The first-order valence-electron chi connectivity index (χ1n) is 8.08. The van der Waals surface area contributed by atoms with Gasteiger partial charge in [-0.2, -0.15) is 0 Å². The Morgan fingerprint density at radius 1 is 1.08 bits per heavy atom. The number of anilines is 1. The molecule has 0 aliphatic carbocycles. The molecule has 0 aliphatic heterocycles. The Labute approximate surface area is 149 Å². The molecule has 0 radical (unpaired) electrons. The lowest BCUT2D eigenvalue weighted by molar-refractivity contribution is -0.117. The van der Waals surface area contributed by atoms with E-state index < -0.39 is 0 Å². The molecule has 0 unspecified atom stereocenters. The van der Waals surface area contributed by atoms with Gasteiger partial charge >= 0.3 is 0 Å². The van der Waals surface area contributed by atoms with Gasteiger partial charge in [-0.25, -0.2) is 0 Å². The Bertz CT molecular complexity index is 690. The van der Waals surface area contributed by atoms with E-state index in [9.17, 15) is 4.79 Å². The third-order valence-corrected chi connectivity index (χ3v) is 4.16. The number of rotatable bonds is 5.